The second kappa shape index (κ2) is 9.82. The van der Waals surface area contributed by atoms with E-state index in [9.17, 15) is 9.18 Å². The van der Waals surface area contributed by atoms with Gasteiger partial charge in [-0.05, 0) is 66.2 Å². The number of carbonyl (C=O) groups is 1. The minimum absolute atomic E-state index is 0.156. The maximum Gasteiger partial charge on any atom is 0.256 e. The lowest BCUT2D eigenvalue weighted by atomic mass is 9.98. The van der Waals surface area contributed by atoms with E-state index in [0.29, 0.717) is 29.0 Å². The number of methoxy groups -OCH3 is 1. The molecule has 0 aromatic heterocycles. The lowest BCUT2D eigenvalue weighted by Crippen LogP contribution is -2.42. The van der Waals surface area contributed by atoms with Gasteiger partial charge >= 0.3 is 0 Å². The van der Waals surface area contributed by atoms with Crippen molar-refractivity contribution in [1.29, 1.82) is 0 Å². The van der Waals surface area contributed by atoms with E-state index in [1.165, 1.54) is 31.0 Å². The van der Waals surface area contributed by atoms with E-state index < -0.39 is 8.07 Å². The molecule has 5 rings (SSSR count). The number of nitrogens with one attached hydrogen (secondary N) is 2. The monoisotopic (exact) mass is 501 g/mol. The number of hydrogen-bond donors (Lipinski definition) is 2. The third-order valence-corrected chi connectivity index (χ3v) is 10.4. The van der Waals surface area contributed by atoms with Crippen LogP contribution in [0.3, 0.4) is 0 Å². The van der Waals surface area contributed by atoms with Crippen molar-refractivity contribution in [2.45, 2.75) is 25.2 Å². The lowest BCUT2D eigenvalue weighted by Gasteiger charge is -2.37. The first kappa shape index (κ1) is 24.1. The summed E-state index contributed by atoms with van der Waals surface area (Å²) < 4.78 is 20.0. The van der Waals surface area contributed by atoms with Gasteiger partial charge in [-0.25, -0.2) is 4.39 Å². The van der Waals surface area contributed by atoms with Crippen molar-refractivity contribution in [2.24, 2.45) is 0 Å². The summed E-state index contributed by atoms with van der Waals surface area (Å²) in [5, 5.41) is 6.30. The Morgan fingerprint density at radius 3 is 2.56 bits per heavy atom. The molecule has 1 amide bonds. The van der Waals surface area contributed by atoms with Gasteiger partial charge in [0.05, 0.1) is 20.7 Å². The largest absolute Gasteiger partial charge is 0.496 e. The van der Waals surface area contributed by atoms with Crippen LogP contribution in [-0.4, -0.2) is 40.7 Å². The van der Waals surface area contributed by atoms with Gasteiger partial charge in [0.1, 0.15) is 11.6 Å². The van der Waals surface area contributed by atoms with Crippen LogP contribution in [0.15, 0.2) is 66.7 Å². The number of fused-ring (bicyclic) bond motifs is 1. The topological polar surface area (TPSA) is 53.6 Å². The minimum atomic E-state index is -0.986. The van der Waals surface area contributed by atoms with Crippen molar-refractivity contribution >= 4 is 36.6 Å². The Labute approximate surface area is 213 Å². The van der Waals surface area contributed by atoms with Crippen LogP contribution in [0.2, 0.25) is 25.2 Å². The number of carbonyl (C=O) groups excluding carboxylic acids is 1. The van der Waals surface area contributed by atoms with Crippen molar-refractivity contribution in [2.75, 3.05) is 42.3 Å². The highest BCUT2D eigenvalue weighted by molar-refractivity contribution is 6.77. The Hall–Kier alpha value is -3.58. The summed E-state index contributed by atoms with van der Waals surface area (Å²) in [7, 11) is 0.537. The quantitative estimate of drug-likeness (QED) is 0.300. The zero-order chi connectivity index (χ0) is 25.3. The van der Waals surface area contributed by atoms with E-state index in [1.807, 2.05) is 18.2 Å². The van der Waals surface area contributed by atoms with E-state index in [1.54, 1.807) is 18.2 Å². The molecule has 0 unspecified atom stereocenters. The predicted octanol–water partition coefficient (Wildman–Crippen LogP) is 6.48. The number of benzene rings is 3. The van der Waals surface area contributed by atoms with Crippen molar-refractivity contribution in [3.8, 4) is 16.9 Å². The molecule has 7 heteroatoms. The van der Waals surface area contributed by atoms with Gasteiger partial charge in [-0.1, -0.05) is 31.3 Å². The molecule has 0 aliphatic carbocycles. The fourth-order valence-corrected chi connectivity index (χ4v) is 6.93. The highest BCUT2D eigenvalue weighted by Gasteiger charge is 2.27. The first-order chi connectivity index (χ1) is 17.3. The summed E-state index contributed by atoms with van der Waals surface area (Å²) >= 11 is 0. The molecule has 2 aliphatic heterocycles. The molecule has 1 fully saturated rings. The van der Waals surface area contributed by atoms with Crippen molar-refractivity contribution in [3.63, 3.8) is 0 Å². The van der Waals surface area contributed by atoms with Crippen molar-refractivity contribution < 1.29 is 13.9 Å². The Morgan fingerprint density at radius 1 is 1.08 bits per heavy atom. The first-order valence-electron chi connectivity index (χ1n) is 12.4. The first-order valence-corrected chi connectivity index (χ1v) is 15.8. The third kappa shape index (κ3) is 4.88. The molecule has 5 nitrogen and oxygen atoms in total. The number of ether oxygens (including phenoxy) is 1. The number of nitrogens with zero attached hydrogens (tertiary/aromatic N) is 1. The molecule has 0 radical (unpaired) electrons. The maximum absolute atomic E-state index is 14.6. The van der Waals surface area contributed by atoms with Gasteiger partial charge < -0.3 is 20.3 Å². The molecular formula is C29H32FN3O2Si. The van der Waals surface area contributed by atoms with Gasteiger partial charge in [-0.15, -0.1) is 0 Å². The van der Waals surface area contributed by atoms with Gasteiger partial charge in [-0.2, -0.15) is 0 Å². The molecule has 0 bridgehead atoms. The van der Waals surface area contributed by atoms with Crippen LogP contribution in [-0.2, 0) is 4.79 Å². The molecule has 36 heavy (non-hydrogen) atoms. The smallest absolute Gasteiger partial charge is 0.256 e. The highest BCUT2D eigenvalue weighted by atomic mass is 28.3. The molecule has 2 heterocycles. The van der Waals surface area contributed by atoms with E-state index in [2.05, 4.69) is 52.9 Å². The number of amides is 1. The Kier molecular flexibility index (Phi) is 6.58. The van der Waals surface area contributed by atoms with Crippen LogP contribution in [0.1, 0.15) is 5.56 Å². The van der Waals surface area contributed by atoms with Gasteiger partial charge in [0.2, 0.25) is 0 Å². The van der Waals surface area contributed by atoms with E-state index in [0.717, 1.165) is 30.0 Å². The normalized spacial score (nSPS) is 17.6. The molecule has 2 N–H and O–H groups in total. The van der Waals surface area contributed by atoms with E-state index in [-0.39, 0.29) is 11.7 Å². The summed E-state index contributed by atoms with van der Waals surface area (Å²) in [6.45, 7) is 7.75. The molecule has 3 aromatic rings. The minimum Gasteiger partial charge on any atom is -0.496 e. The molecule has 3 aromatic carbocycles. The van der Waals surface area contributed by atoms with Crippen LogP contribution in [0.4, 0.5) is 21.5 Å². The standard InChI is InChI=1S/C29H32FN3O2Si/c1-35-27-6-4-5-25(30)28(27)20-7-12-26-24(19-20)23(29(34)32-26)13-14-31-21-8-10-22(11-9-21)33-15-17-36(2,3)18-16-33/h4-13,19,31H,14-18H2,1-3H3,(H,32,34)/b23-13-. The number of anilines is 3. The summed E-state index contributed by atoms with van der Waals surface area (Å²) in [5.41, 5.74) is 5.39. The van der Waals surface area contributed by atoms with Crippen LogP contribution < -0.4 is 20.3 Å². The molecule has 2 aliphatic rings. The average molecular weight is 502 g/mol. The fourth-order valence-electron chi connectivity index (χ4n) is 4.93. The van der Waals surface area contributed by atoms with Gasteiger partial charge in [0.25, 0.3) is 5.91 Å². The van der Waals surface area contributed by atoms with Gasteiger partial charge in [0.15, 0.2) is 0 Å². The number of rotatable bonds is 6. The molecule has 0 atom stereocenters. The molecule has 0 spiro atoms. The molecule has 1 saturated heterocycles. The van der Waals surface area contributed by atoms with Crippen LogP contribution >= 0.6 is 0 Å². The summed E-state index contributed by atoms with van der Waals surface area (Å²) in [5.74, 6) is -0.0628. The maximum atomic E-state index is 14.6. The van der Waals surface area contributed by atoms with E-state index in [4.69, 9.17) is 4.74 Å². The predicted molar refractivity (Wildman–Crippen MR) is 149 cm³/mol. The van der Waals surface area contributed by atoms with E-state index >= 15 is 0 Å². The zero-order valence-electron chi connectivity index (χ0n) is 21.0. The molecular weight excluding hydrogens is 469 g/mol. The highest BCUT2D eigenvalue weighted by Crippen LogP contribution is 2.39. The molecule has 0 saturated carbocycles. The third-order valence-electron chi connectivity index (χ3n) is 7.25. The lowest BCUT2D eigenvalue weighted by molar-refractivity contribution is -0.110. The Bertz CT molecular complexity index is 1310. The van der Waals surface area contributed by atoms with Crippen LogP contribution in [0, 0.1) is 5.82 Å². The average Bonchev–Trinajstić information content (AvgIpc) is 3.18. The SMILES string of the molecule is COc1cccc(F)c1-c1ccc2c(c1)/C(=C/CNc1ccc(N3CC[Si](C)(C)CC3)cc1)C(=O)N2. The zero-order valence-corrected chi connectivity index (χ0v) is 22.0. The summed E-state index contributed by atoms with van der Waals surface area (Å²) in [6, 6.07) is 21.4. The second-order valence-electron chi connectivity index (χ2n) is 10.2. The van der Waals surface area contributed by atoms with Crippen LogP contribution in [0.5, 0.6) is 5.75 Å². The summed E-state index contributed by atoms with van der Waals surface area (Å²) in [6.07, 6.45) is 1.88. The van der Waals surface area contributed by atoms with Crippen molar-refractivity contribution in [3.05, 3.63) is 78.1 Å². The van der Waals surface area contributed by atoms with Crippen LogP contribution in [0.25, 0.3) is 16.7 Å². The number of halogens is 1. The molecule has 186 valence electrons. The second-order valence-corrected chi connectivity index (χ2v) is 15.6. The Balaban J connectivity index is 1.30. The fraction of sp³-hybridized carbons (Fsp3) is 0.276. The summed E-state index contributed by atoms with van der Waals surface area (Å²) in [4.78, 5) is 15.1. The van der Waals surface area contributed by atoms with Crippen molar-refractivity contribution in [1.82, 2.24) is 0 Å². The van der Waals surface area contributed by atoms with Gasteiger partial charge in [0, 0.05) is 47.8 Å². The van der Waals surface area contributed by atoms with Gasteiger partial charge in [-0.3, -0.25) is 4.79 Å². The Morgan fingerprint density at radius 2 is 1.83 bits per heavy atom. The number of hydrogen-bond acceptors (Lipinski definition) is 4.